The lowest BCUT2D eigenvalue weighted by molar-refractivity contribution is 0.107. The summed E-state index contributed by atoms with van der Waals surface area (Å²) in [5.74, 6) is 0. The molecule has 14 heavy (non-hydrogen) atoms. The monoisotopic (exact) mass is 395 g/mol. The fourth-order valence-corrected chi connectivity index (χ4v) is 2.62. The van der Waals surface area contributed by atoms with Crippen molar-refractivity contribution in [2.24, 2.45) is 0 Å². The van der Waals surface area contributed by atoms with Crippen molar-refractivity contribution in [1.29, 1.82) is 0 Å². The quantitative estimate of drug-likeness (QED) is 0.563. The number of nitrogens with zero attached hydrogens (tertiary/aromatic N) is 1. The predicted molar refractivity (Wildman–Crippen MR) is 59.8 cm³/mol. The van der Waals surface area contributed by atoms with Crippen molar-refractivity contribution in [2.75, 3.05) is 0 Å². The SMILES string of the molecule is O=C(Cl)c1nc(C(F)F)c(I)cc1Br. The van der Waals surface area contributed by atoms with Gasteiger partial charge < -0.3 is 0 Å². The molecule has 0 aliphatic rings. The first-order chi connectivity index (χ1) is 6.43. The van der Waals surface area contributed by atoms with Crippen LogP contribution in [0.3, 0.4) is 0 Å². The van der Waals surface area contributed by atoms with Crippen molar-refractivity contribution in [3.05, 3.63) is 25.5 Å². The van der Waals surface area contributed by atoms with Gasteiger partial charge in [-0.15, -0.1) is 0 Å². The standard InChI is InChI=1S/C7H2BrClF2INO/c8-2-1-3(12)5(7(10)11)13-4(2)6(9)14/h1,7H. The van der Waals surface area contributed by atoms with E-state index in [1.165, 1.54) is 6.07 Å². The molecule has 0 aliphatic heterocycles. The van der Waals surface area contributed by atoms with Gasteiger partial charge in [-0.05, 0) is 56.2 Å². The van der Waals surface area contributed by atoms with Gasteiger partial charge in [0.15, 0.2) is 0 Å². The van der Waals surface area contributed by atoms with Gasteiger partial charge in [-0.1, -0.05) is 0 Å². The smallest absolute Gasteiger partial charge is 0.274 e. The zero-order chi connectivity index (χ0) is 10.9. The summed E-state index contributed by atoms with van der Waals surface area (Å²) in [6, 6.07) is 1.38. The number of hydrogen-bond acceptors (Lipinski definition) is 2. The van der Waals surface area contributed by atoms with E-state index in [0.29, 0.717) is 4.47 Å². The highest BCUT2D eigenvalue weighted by molar-refractivity contribution is 14.1. The van der Waals surface area contributed by atoms with E-state index in [4.69, 9.17) is 11.6 Å². The Bertz CT molecular complexity index is 388. The summed E-state index contributed by atoms with van der Waals surface area (Å²) < 4.78 is 25.3. The molecule has 7 heteroatoms. The number of pyridine rings is 1. The molecule has 0 spiro atoms. The molecule has 0 aliphatic carbocycles. The van der Waals surface area contributed by atoms with Crippen LogP contribution < -0.4 is 0 Å². The van der Waals surface area contributed by atoms with Crippen molar-refractivity contribution < 1.29 is 13.6 Å². The van der Waals surface area contributed by atoms with Crippen LogP contribution in [0, 0.1) is 3.57 Å². The van der Waals surface area contributed by atoms with E-state index in [2.05, 4.69) is 20.9 Å². The zero-order valence-electron chi connectivity index (χ0n) is 6.40. The molecule has 76 valence electrons. The number of hydrogen-bond donors (Lipinski definition) is 0. The molecule has 1 heterocycles. The predicted octanol–water partition coefficient (Wildman–Crippen LogP) is 3.77. The van der Waals surface area contributed by atoms with E-state index in [1.807, 2.05) is 0 Å². The lowest BCUT2D eigenvalue weighted by Crippen LogP contribution is -2.03. The van der Waals surface area contributed by atoms with Gasteiger partial charge in [0.2, 0.25) is 0 Å². The highest BCUT2D eigenvalue weighted by Gasteiger charge is 2.19. The number of carbonyl (C=O) groups is 1. The van der Waals surface area contributed by atoms with E-state index in [1.54, 1.807) is 22.6 Å². The van der Waals surface area contributed by atoms with Gasteiger partial charge in [0.1, 0.15) is 11.4 Å². The van der Waals surface area contributed by atoms with Crippen LogP contribution in [0.1, 0.15) is 22.6 Å². The maximum Gasteiger partial charge on any atom is 0.281 e. The molecule has 0 N–H and O–H groups in total. The fourth-order valence-electron chi connectivity index (χ4n) is 0.772. The summed E-state index contributed by atoms with van der Waals surface area (Å²) in [5, 5.41) is -0.866. The minimum absolute atomic E-state index is 0.192. The van der Waals surface area contributed by atoms with Crippen LogP contribution >= 0.6 is 50.1 Å². The van der Waals surface area contributed by atoms with Gasteiger partial charge in [0, 0.05) is 8.04 Å². The Hall–Kier alpha value is 0.180. The molecule has 0 saturated carbocycles. The first kappa shape index (κ1) is 12.3. The molecule has 0 saturated heterocycles. The molecular weight excluding hydrogens is 394 g/mol. The third-order valence-electron chi connectivity index (χ3n) is 1.35. The van der Waals surface area contributed by atoms with Crippen LogP contribution in [0.4, 0.5) is 8.78 Å². The molecular formula is C7H2BrClF2INO. The normalized spacial score (nSPS) is 10.7. The van der Waals surface area contributed by atoms with Crippen molar-refractivity contribution in [3.63, 3.8) is 0 Å². The van der Waals surface area contributed by atoms with Crippen LogP contribution in [-0.2, 0) is 0 Å². The summed E-state index contributed by atoms with van der Waals surface area (Å²) in [6.07, 6.45) is -2.72. The minimum atomic E-state index is -2.72. The molecule has 0 aromatic carbocycles. The van der Waals surface area contributed by atoms with E-state index in [9.17, 15) is 13.6 Å². The van der Waals surface area contributed by atoms with Crippen molar-refractivity contribution in [3.8, 4) is 0 Å². The van der Waals surface area contributed by atoms with Crippen LogP contribution in [0.15, 0.2) is 10.5 Å². The summed E-state index contributed by atoms with van der Waals surface area (Å²) in [6.45, 7) is 0. The van der Waals surface area contributed by atoms with Gasteiger partial charge in [0.05, 0.1) is 0 Å². The molecule has 0 atom stereocenters. The number of halogens is 5. The van der Waals surface area contributed by atoms with E-state index in [0.717, 1.165) is 0 Å². The third-order valence-corrected chi connectivity index (χ3v) is 3.00. The largest absolute Gasteiger partial charge is 0.281 e. The van der Waals surface area contributed by atoms with Crippen LogP contribution in [0.5, 0.6) is 0 Å². The van der Waals surface area contributed by atoms with Crippen molar-refractivity contribution in [2.45, 2.75) is 6.43 Å². The summed E-state index contributed by atoms with van der Waals surface area (Å²) in [4.78, 5) is 14.3. The fraction of sp³-hybridized carbons (Fsp3) is 0.143. The van der Waals surface area contributed by atoms with Gasteiger partial charge >= 0.3 is 0 Å². The van der Waals surface area contributed by atoms with Crippen LogP contribution in [0.2, 0.25) is 0 Å². The molecule has 1 aromatic heterocycles. The van der Waals surface area contributed by atoms with Gasteiger partial charge in [-0.25, -0.2) is 13.8 Å². The highest BCUT2D eigenvalue weighted by Crippen LogP contribution is 2.27. The highest BCUT2D eigenvalue weighted by atomic mass is 127. The zero-order valence-corrected chi connectivity index (χ0v) is 10.9. The molecule has 2 nitrogen and oxygen atoms in total. The number of carbonyl (C=O) groups excluding carboxylic acids is 1. The third kappa shape index (κ3) is 2.60. The second-order valence-electron chi connectivity index (χ2n) is 2.26. The van der Waals surface area contributed by atoms with E-state index >= 15 is 0 Å². The first-order valence-corrected chi connectivity index (χ1v) is 5.52. The van der Waals surface area contributed by atoms with Gasteiger partial charge in [-0.3, -0.25) is 4.79 Å². The van der Waals surface area contributed by atoms with E-state index in [-0.39, 0.29) is 9.26 Å². The molecule has 0 fully saturated rings. The Morgan fingerprint density at radius 3 is 2.64 bits per heavy atom. The molecule has 0 radical (unpaired) electrons. The minimum Gasteiger partial charge on any atom is -0.274 e. The average Bonchev–Trinajstić information content (AvgIpc) is 2.02. The van der Waals surface area contributed by atoms with Crippen molar-refractivity contribution in [1.82, 2.24) is 4.98 Å². The first-order valence-electron chi connectivity index (χ1n) is 3.27. The van der Waals surface area contributed by atoms with Crippen molar-refractivity contribution >= 4 is 55.4 Å². The van der Waals surface area contributed by atoms with Crippen LogP contribution in [0.25, 0.3) is 0 Å². The average molecular weight is 396 g/mol. The molecule has 0 bridgehead atoms. The second kappa shape index (κ2) is 4.80. The Kier molecular flexibility index (Phi) is 4.20. The maximum absolute atomic E-state index is 12.4. The molecule has 0 amide bonds. The van der Waals surface area contributed by atoms with Crippen LogP contribution in [-0.4, -0.2) is 10.2 Å². The maximum atomic E-state index is 12.4. The molecule has 1 rings (SSSR count). The van der Waals surface area contributed by atoms with Gasteiger partial charge in [0.25, 0.3) is 11.7 Å². The van der Waals surface area contributed by atoms with Gasteiger partial charge in [-0.2, -0.15) is 0 Å². The Balaban J connectivity index is 3.34. The number of rotatable bonds is 2. The Morgan fingerprint density at radius 2 is 2.21 bits per heavy atom. The second-order valence-corrected chi connectivity index (χ2v) is 4.62. The topological polar surface area (TPSA) is 30.0 Å². The molecule has 0 unspecified atom stereocenters. The summed E-state index contributed by atoms with van der Waals surface area (Å²) in [5.41, 5.74) is -0.625. The Labute approximate surface area is 105 Å². The lowest BCUT2D eigenvalue weighted by Gasteiger charge is -2.05. The summed E-state index contributed by atoms with van der Waals surface area (Å²) >= 11 is 9.89. The summed E-state index contributed by atoms with van der Waals surface area (Å²) in [7, 11) is 0. The lowest BCUT2D eigenvalue weighted by atomic mass is 10.3. The molecule has 1 aromatic rings. The number of aromatic nitrogens is 1. The number of alkyl halides is 2. The van der Waals surface area contributed by atoms with E-state index < -0.39 is 17.4 Å². The Morgan fingerprint density at radius 1 is 1.64 bits per heavy atom.